The first kappa shape index (κ1) is 19.0. The van der Waals surface area contributed by atoms with E-state index in [1.807, 2.05) is 12.1 Å². The molecule has 0 spiro atoms. The molecule has 1 atom stereocenters. The van der Waals surface area contributed by atoms with Gasteiger partial charge in [-0.3, -0.25) is 4.79 Å². The number of methoxy groups -OCH3 is 2. The average Bonchev–Trinajstić information content (AvgIpc) is 2.70. The molecule has 1 amide bonds. The number of hydrogen-bond acceptors (Lipinski definition) is 5. The van der Waals surface area contributed by atoms with Gasteiger partial charge in [-0.2, -0.15) is 0 Å². The van der Waals surface area contributed by atoms with E-state index in [0.29, 0.717) is 19.1 Å². The quantitative estimate of drug-likeness (QED) is 0.800. The molecule has 2 heterocycles. The second kappa shape index (κ2) is 9.24. The third-order valence-electron chi connectivity index (χ3n) is 5.39. The lowest BCUT2D eigenvalue weighted by atomic mass is 9.94. The molecule has 0 aliphatic carbocycles. The molecule has 6 nitrogen and oxygen atoms in total. The van der Waals surface area contributed by atoms with Crippen molar-refractivity contribution in [3.63, 3.8) is 0 Å². The summed E-state index contributed by atoms with van der Waals surface area (Å²) in [4.78, 5) is 14.8. The van der Waals surface area contributed by atoms with Crippen LogP contribution in [0.5, 0.6) is 11.5 Å². The van der Waals surface area contributed by atoms with Crippen molar-refractivity contribution in [1.29, 1.82) is 0 Å². The normalized spacial score (nSPS) is 20.9. The standard InChI is InChI=1S/C20H30N2O4/c1-24-10-9-22-7-5-16(6-8-22)20(23)21-13-15-11-17-3-4-18(25-2)12-19(17)26-14-15/h3-4,12,15-16H,5-11,13-14H2,1-2H3,(H,21,23)/t15-/m1/s1. The van der Waals surface area contributed by atoms with Crippen LogP contribution in [-0.4, -0.2) is 64.4 Å². The van der Waals surface area contributed by atoms with Gasteiger partial charge in [0.1, 0.15) is 11.5 Å². The van der Waals surface area contributed by atoms with Gasteiger partial charge >= 0.3 is 0 Å². The van der Waals surface area contributed by atoms with E-state index in [4.69, 9.17) is 14.2 Å². The van der Waals surface area contributed by atoms with Crippen LogP contribution in [0.2, 0.25) is 0 Å². The van der Waals surface area contributed by atoms with Gasteiger partial charge in [-0.25, -0.2) is 0 Å². The number of benzene rings is 1. The number of rotatable bonds is 7. The zero-order chi connectivity index (χ0) is 18.4. The summed E-state index contributed by atoms with van der Waals surface area (Å²) < 4.78 is 16.2. The van der Waals surface area contributed by atoms with E-state index < -0.39 is 0 Å². The summed E-state index contributed by atoms with van der Waals surface area (Å²) in [5.74, 6) is 2.36. The molecule has 26 heavy (non-hydrogen) atoms. The van der Waals surface area contributed by atoms with E-state index in [9.17, 15) is 4.79 Å². The predicted octanol–water partition coefficient (Wildman–Crippen LogP) is 1.72. The van der Waals surface area contributed by atoms with Gasteiger partial charge in [-0.15, -0.1) is 0 Å². The monoisotopic (exact) mass is 362 g/mol. The van der Waals surface area contributed by atoms with Gasteiger partial charge in [0, 0.05) is 38.1 Å². The Hall–Kier alpha value is -1.79. The summed E-state index contributed by atoms with van der Waals surface area (Å²) >= 11 is 0. The van der Waals surface area contributed by atoms with Crippen LogP contribution in [0.3, 0.4) is 0 Å². The van der Waals surface area contributed by atoms with E-state index >= 15 is 0 Å². The maximum atomic E-state index is 12.5. The molecule has 0 aromatic heterocycles. The fraction of sp³-hybridized carbons (Fsp3) is 0.650. The lowest BCUT2D eigenvalue weighted by Gasteiger charge is -2.31. The third kappa shape index (κ3) is 4.89. The van der Waals surface area contributed by atoms with Gasteiger partial charge in [0.2, 0.25) is 5.91 Å². The number of piperidine rings is 1. The summed E-state index contributed by atoms with van der Waals surface area (Å²) in [6.07, 6.45) is 2.79. The summed E-state index contributed by atoms with van der Waals surface area (Å²) in [5.41, 5.74) is 1.18. The Kier molecular flexibility index (Phi) is 6.74. The van der Waals surface area contributed by atoms with Crippen molar-refractivity contribution in [3.8, 4) is 11.5 Å². The lowest BCUT2D eigenvalue weighted by molar-refractivity contribution is -0.126. The topological polar surface area (TPSA) is 60.0 Å². The Morgan fingerprint density at radius 1 is 1.31 bits per heavy atom. The average molecular weight is 362 g/mol. The molecule has 1 saturated heterocycles. The van der Waals surface area contributed by atoms with Crippen LogP contribution in [0.4, 0.5) is 0 Å². The van der Waals surface area contributed by atoms with Gasteiger partial charge in [0.25, 0.3) is 0 Å². The number of ether oxygens (including phenoxy) is 3. The molecule has 6 heteroatoms. The maximum absolute atomic E-state index is 12.5. The molecule has 1 fully saturated rings. The predicted molar refractivity (Wildman–Crippen MR) is 99.7 cm³/mol. The Morgan fingerprint density at radius 3 is 2.85 bits per heavy atom. The molecule has 2 aliphatic rings. The van der Waals surface area contributed by atoms with E-state index in [2.05, 4.69) is 16.3 Å². The van der Waals surface area contributed by atoms with Gasteiger partial charge in [-0.05, 0) is 44.0 Å². The van der Waals surface area contributed by atoms with Crippen molar-refractivity contribution in [2.75, 3.05) is 53.6 Å². The number of nitrogens with zero attached hydrogens (tertiary/aromatic N) is 1. The summed E-state index contributed by atoms with van der Waals surface area (Å²) in [6.45, 7) is 4.97. The number of fused-ring (bicyclic) bond motifs is 1. The van der Waals surface area contributed by atoms with Crippen molar-refractivity contribution >= 4 is 5.91 Å². The van der Waals surface area contributed by atoms with Crippen molar-refractivity contribution in [3.05, 3.63) is 23.8 Å². The van der Waals surface area contributed by atoms with Crippen molar-refractivity contribution in [2.45, 2.75) is 19.3 Å². The highest BCUT2D eigenvalue weighted by Gasteiger charge is 2.26. The molecule has 144 valence electrons. The van der Waals surface area contributed by atoms with Gasteiger partial charge in [0.05, 0.1) is 20.3 Å². The number of likely N-dealkylation sites (tertiary alicyclic amines) is 1. The van der Waals surface area contributed by atoms with Crippen LogP contribution in [-0.2, 0) is 16.0 Å². The Labute approximate surface area is 155 Å². The fourth-order valence-electron chi connectivity index (χ4n) is 3.70. The van der Waals surface area contributed by atoms with Crippen molar-refractivity contribution in [1.82, 2.24) is 10.2 Å². The molecular formula is C20H30N2O4. The largest absolute Gasteiger partial charge is 0.497 e. The van der Waals surface area contributed by atoms with Crippen LogP contribution in [0.25, 0.3) is 0 Å². The first-order chi connectivity index (χ1) is 12.7. The lowest BCUT2D eigenvalue weighted by Crippen LogP contribution is -2.43. The highest BCUT2D eigenvalue weighted by molar-refractivity contribution is 5.78. The van der Waals surface area contributed by atoms with E-state index in [1.54, 1.807) is 14.2 Å². The molecular weight excluding hydrogens is 332 g/mol. The van der Waals surface area contributed by atoms with Crippen LogP contribution >= 0.6 is 0 Å². The van der Waals surface area contributed by atoms with Crippen molar-refractivity contribution in [2.24, 2.45) is 11.8 Å². The highest BCUT2D eigenvalue weighted by Crippen LogP contribution is 2.30. The number of amides is 1. The first-order valence-corrected chi connectivity index (χ1v) is 9.48. The van der Waals surface area contributed by atoms with Crippen LogP contribution in [0, 0.1) is 11.8 Å². The molecule has 0 saturated carbocycles. The van der Waals surface area contributed by atoms with Crippen molar-refractivity contribution < 1.29 is 19.0 Å². The smallest absolute Gasteiger partial charge is 0.223 e. The molecule has 1 aromatic rings. The van der Waals surface area contributed by atoms with E-state index in [-0.39, 0.29) is 11.8 Å². The van der Waals surface area contributed by atoms with Gasteiger partial charge in [0.15, 0.2) is 0 Å². The maximum Gasteiger partial charge on any atom is 0.223 e. The molecule has 0 unspecified atom stereocenters. The molecule has 0 bridgehead atoms. The minimum Gasteiger partial charge on any atom is -0.497 e. The zero-order valence-electron chi connectivity index (χ0n) is 15.8. The molecule has 3 rings (SSSR count). The molecule has 2 aliphatic heterocycles. The second-order valence-electron chi connectivity index (χ2n) is 7.21. The highest BCUT2D eigenvalue weighted by atomic mass is 16.5. The number of hydrogen-bond donors (Lipinski definition) is 1. The zero-order valence-corrected chi connectivity index (χ0v) is 15.8. The Bertz CT molecular complexity index is 599. The molecule has 0 radical (unpaired) electrons. The minimum absolute atomic E-state index is 0.134. The minimum atomic E-state index is 0.134. The van der Waals surface area contributed by atoms with E-state index in [1.165, 1.54) is 5.56 Å². The Balaban J connectivity index is 1.41. The number of carbonyl (C=O) groups excluding carboxylic acids is 1. The molecule has 1 N–H and O–H groups in total. The number of carbonyl (C=O) groups is 1. The second-order valence-corrected chi connectivity index (χ2v) is 7.21. The summed E-state index contributed by atoms with van der Waals surface area (Å²) in [7, 11) is 3.38. The van der Waals surface area contributed by atoms with E-state index in [0.717, 1.165) is 57.0 Å². The van der Waals surface area contributed by atoms with Gasteiger partial charge in [-0.1, -0.05) is 6.07 Å². The molecule has 1 aromatic carbocycles. The van der Waals surface area contributed by atoms with Gasteiger partial charge < -0.3 is 24.4 Å². The summed E-state index contributed by atoms with van der Waals surface area (Å²) in [6, 6.07) is 5.94. The van der Waals surface area contributed by atoms with Crippen LogP contribution in [0.15, 0.2) is 18.2 Å². The summed E-state index contributed by atoms with van der Waals surface area (Å²) in [5, 5.41) is 3.15. The van der Waals surface area contributed by atoms with Crippen LogP contribution in [0.1, 0.15) is 18.4 Å². The first-order valence-electron chi connectivity index (χ1n) is 9.48. The SMILES string of the molecule is COCCN1CCC(C(=O)NC[C@@H]2COc3cc(OC)ccc3C2)CC1. The number of nitrogens with one attached hydrogen (secondary N) is 1. The Morgan fingerprint density at radius 2 is 2.12 bits per heavy atom. The third-order valence-corrected chi connectivity index (χ3v) is 5.39. The van der Waals surface area contributed by atoms with Crippen LogP contribution < -0.4 is 14.8 Å². The fourth-order valence-corrected chi connectivity index (χ4v) is 3.70.